The molecule has 0 aromatic heterocycles. The summed E-state index contributed by atoms with van der Waals surface area (Å²) in [7, 11) is 0. The molecule has 47 heavy (non-hydrogen) atoms. The highest BCUT2D eigenvalue weighted by Gasteiger charge is 2.34. The molecule has 3 rings (SSSR count). The Morgan fingerprint density at radius 1 is 0.830 bits per heavy atom. The van der Waals surface area contributed by atoms with Crippen molar-refractivity contribution < 1.29 is 19.2 Å². The molecule has 0 amide bonds. The Labute approximate surface area is 286 Å². The van der Waals surface area contributed by atoms with E-state index in [4.69, 9.17) is 0 Å². The molecule has 4 heteroatoms. The summed E-state index contributed by atoms with van der Waals surface area (Å²) in [5, 5.41) is 0. The molecule has 4 atom stereocenters. The maximum Gasteiger partial charge on any atom is 0.163 e. The van der Waals surface area contributed by atoms with Crippen LogP contribution >= 0.6 is 0 Å². The van der Waals surface area contributed by atoms with Crippen LogP contribution in [0.4, 0.5) is 0 Å². The van der Waals surface area contributed by atoms with E-state index in [1.165, 1.54) is 30.0 Å². The van der Waals surface area contributed by atoms with Crippen molar-refractivity contribution in [3.05, 3.63) is 58.1 Å². The van der Waals surface area contributed by atoms with Gasteiger partial charge < -0.3 is 0 Å². The molecule has 0 aliphatic heterocycles. The molecule has 0 N–H and O–H groups in total. The van der Waals surface area contributed by atoms with Gasteiger partial charge in [0.15, 0.2) is 5.78 Å². The van der Waals surface area contributed by atoms with Gasteiger partial charge in [0, 0.05) is 30.2 Å². The lowest BCUT2D eigenvalue weighted by atomic mass is 9.71. The van der Waals surface area contributed by atoms with E-state index in [2.05, 4.69) is 71.9 Å². The smallest absolute Gasteiger partial charge is 0.163 e. The second-order valence-electron chi connectivity index (χ2n) is 14.0. The number of carbonyl (C=O) groups is 4. The summed E-state index contributed by atoms with van der Waals surface area (Å²) in [5.74, 6) is 0.908. The molecule has 4 unspecified atom stereocenters. The highest BCUT2D eigenvalue weighted by Crippen LogP contribution is 2.41. The lowest BCUT2D eigenvalue weighted by Crippen LogP contribution is -2.30. The van der Waals surface area contributed by atoms with Crippen LogP contribution in [-0.4, -0.2) is 23.1 Å². The fourth-order valence-electron chi connectivity index (χ4n) is 7.77. The van der Waals surface area contributed by atoms with Crippen molar-refractivity contribution in [2.45, 2.75) is 152 Å². The minimum atomic E-state index is -0.133. The molecule has 0 heterocycles. The Morgan fingerprint density at radius 2 is 1.51 bits per heavy atom. The molecule has 0 saturated carbocycles. The number of rotatable bonds is 18. The fourth-order valence-corrected chi connectivity index (χ4v) is 7.77. The average molecular weight is 645 g/mol. The van der Waals surface area contributed by atoms with E-state index in [0.29, 0.717) is 18.6 Å². The van der Waals surface area contributed by atoms with Gasteiger partial charge in [-0.1, -0.05) is 104 Å². The van der Waals surface area contributed by atoms with Crippen LogP contribution in [0.2, 0.25) is 0 Å². The SMILES string of the molecule is CCC.CCCC(CCc1ccc(CC)c(-c2ccc(C)c3c2CC(CC(CCC)C(CC)C(=O)CC(C)=O)CC3=O)c1)C(=O)CC. The van der Waals surface area contributed by atoms with Crippen LogP contribution < -0.4 is 0 Å². The van der Waals surface area contributed by atoms with Crippen molar-refractivity contribution >= 4 is 23.1 Å². The second-order valence-corrected chi connectivity index (χ2v) is 14.0. The van der Waals surface area contributed by atoms with E-state index in [1.807, 2.05) is 13.8 Å². The van der Waals surface area contributed by atoms with Crippen LogP contribution in [0.3, 0.4) is 0 Å². The van der Waals surface area contributed by atoms with Crippen molar-refractivity contribution in [1.82, 2.24) is 0 Å². The standard InChI is InChI=1S/C40H56O4.C3H8/c1-8-13-31(37(42)12-5)19-17-28-16-18-30(10-3)35(23-28)34-20-15-26(6)40-36(34)24-29(25-39(40)44)22-32(14-9-2)33(11-4)38(43)21-27(7)41;1-3-2/h15-16,18,20,23,29,31-33H,8-14,17,19,21-22,24-25H2,1-7H3;3H2,1-2H3. The van der Waals surface area contributed by atoms with Crippen LogP contribution in [0.25, 0.3) is 11.1 Å². The predicted octanol–water partition coefficient (Wildman–Crippen LogP) is 11.1. The van der Waals surface area contributed by atoms with E-state index in [-0.39, 0.29) is 47.4 Å². The minimum Gasteiger partial charge on any atom is -0.300 e. The molecule has 260 valence electrons. The molecule has 1 aliphatic rings. The van der Waals surface area contributed by atoms with E-state index in [9.17, 15) is 19.2 Å². The monoisotopic (exact) mass is 644 g/mol. The summed E-state index contributed by atoms with van der Waals surface area (Å²) in [6.07, 6.45) is 11.3. The van der Waals surface area contributed by atoms with Crippen molar-refractivity contribution in [1.29, 1.82) is 0 Å². The maximum absolute atomic E-state index is 13.8. The summed E-state index contributed by atoms with van der Waals surface area (Å²) in [6, 6.07) is 11.1. The minimum absolute atomic E-state index is 0.0103. The molecule has 4 nitrogen and oxygen atoms in total. The number of carbonyl (C=O) groups excluding carboxylic acids is 4. The van der Waals surface area contributed by atoms with E-state index in [1.54, 1.807) is 0 Å². The number of ketones is 4. The normalized spacial score (nSPS) is 16.0. The Morgan fingerprint density at radius 3 is 2.09 bits per heavy atom. The summed E-state index contributed by atoms with van der Waals surface area (Å²) < 4.78 is 0. The fraction of sp³-hybridized carbons (Fsp3) is 0.628. The van der Waals surface area contributed by atoms with Crippen molar-refractivity contribution in [3.63, 3.8) is 0 Å². The maximum atomic E-state index is 13.8. The lowest BCUT2D eigenvalue weighted by molar-refractivity contribution is -0.130. The zero-order valence-corrected chi connectivity index (χ0v) is 31.2. The van der Waals surface area contributed by atoms with Gasteiger partial charge in [0.05, 0.1) is 6.42 Å². The molecule has 0 saturated heterocycles. The summed E-state index contributed by atoms with van der Waals surface area (Å²) in [4.78, 5) is 51.2. The largest absolute Gasteiger partial charge is 0.300 e. The van der Waals surface area contributed by atoms with E-state index in [0.717, 1.165) is 86.5 Å². The van der Waals surface area contributed by atoms with Gasteiger partial charge in [0.2, 0.25) is 0 Å². The first-order chi connectivity index (χ1) is 22.5. The molecular weight excluding hydrogens is 580 g/mol. The molecule has 0 radical (unpaired) electrons. The number of fused-ring (bicyclic) bond motifs is 1. The Kier molecular flexibility index (Phi) is 17.6. The predicted molar refractivity (Wildman–Crippen MR) is 197 cm³/mol. The van der Waals surface area contributed by atoms with E-state index >= 15 is 0 Å². The average Bonchev–Trinajstić information content (AvgIpc) is 3.03. The van der Waals surface area contributed by atoms with Gasteiger partial charge >= 0.3 is 0 Å². The molecule has 1 aliphatic carbocycles. The molecule has 0 bridgehead atoms. The number of benzene rings is 2. The van der Waals surface area contributed by atoms with Gasteiger partial charge in [-0.15, -0.1) is 0 Å². The second kappa shape index (κ2) is 20.5. The Balaban J connectivity index is 0.00000246. The zero-order valence-electron chi connectivity index (χ0n) is 31.2. The number of aryl methyl sites for hydroxylation is 3. The van der Waals surface area contributed by atoms with Crippen LogP contribution in [-0.2, 0) is 33.6 Å². The Hall–Kier alpha value is -2.88. The lowest BCUT2D eigenvalue weighted by Gasteiger charge is -2.33. The van der Waals surface area contributed by atoms with Gasteiger partial charge in [-0.2, -0.15) is 0 Å². The third-order valence-electron chi connectivity index (χ3n) is 9.98. The van der Waals surface area contributed by atoms with Crippen LogP contribution in [0.15, 0.2) is 30.3 Å². The van der Waals surface area contributed by atoms with Gasteiger partial charge in [-0.3, -0.25) is 19.2 Å². The highest BCUT2D eigenvalue weighted by molar-refractivity contribution is 6.02. The highest BCUT2D eigenvalue weighted by atomic mass is 16.1. The van der Waals surface area contributed by atoms with Crippen LogP contribution in [0.5, 0.6) is 0 Å². The van der Waals surface area contributed by atoms with Crippen molar-refractivity contribution in [2.75, 3.05) is 0 Å². The van der Waals surface area contributed by atoms with E-state index < -0.39 is 0 Å². The topological polar surface area (TPSA) is 68.3 Å². The first-order valence-electron chi connectivity index (χ1n) is 18.8. The van der Waals surface area contributed by atoms with Crippen LogP contribution in [0, 0.1) is 30.6 Å². The number of hydrogen-bond acceptors (Lipinski definition) is 4. The Bertz CT molecular complexity index is 1340. The van der Waals surface area contributed by atoms with Gasteiger partial charge in [-0.25, -0.2) is 0 Å². The summed E-state index contributed by atoms with van der Waals surface area (Å²) in [6.45, 7) is 18.3. The third-order valence-corrected chi connectivity index (χ3v) is 9.98. The number of hydrogen-bond donors (Lipinski definition) is 0. The van der Waals surface area contributed by atoms with Crippen molar-refractivity contribution in [3.8, 4) is 11.1 Å². The third kappa shape index (κ3) is 11.4. The number of Topliss-reactive ketones (excluding diaryl/α,β-unsaturated/α-hetero) is 4. The zero-order chi connectivity index (χ0) is 35.1. The van der Waals surface area contributed by atoms with Gasteiger partial charge in [0.1, 0.15) is 17.3 Å². The van der Waals surface area contributed by atoms with Crippen LogP contribution in [0.1, 0.15) is 159 Å². The molecule has 0 fully saturated rings. The van der Waals surface area contributed by atoms with Gasteiger partial charge in [0.25, 0.3) is 0 Å². The molecule has 0 spiro atoms. The van der Waals surface area contributed by atoms with Crippen molar-refractivity contribution in [2.24, 2.45) is 23.7 Å². The quantitative estimate of drug-likeness (QED) is 0.151. The summed E-state index contributed by atoms with van der Waals surface area (Å²) >= 11 is 0. The molecule has 2 aromatic carbocycles. The first-order valence-corrected chi connectivity index (χ1v) is 18.8. The molecular formula is C43H64O4. The first kappa shape index (κ1) is 40.3. The van der Waals surface area contributed by atoms with Gasteiger partial charge in [-0.05, 0) is 104 Å². The molecule has 2 aromatic rings. The summed E-state index contributed by atoms with van der Waals surface area (Å²) in [5.41, 5.74) is 7.95.